The van der Waals surface area contributed by atoms with Crippen molar-refractivity contribution < 1.29 is 9.59 Å². The molecule has 0 radical (unpaired) electrons. The molecule has 1 aromatic rings. The Balaban J connectivity index is 3.12. The molecular weight excluding hydrogens is 192 g/mol. The van der Waals surface area contributed by atoms with Gasteiger partial charge in [0.05, 0.1) is 0 Å². The number of hydrogen-bond acceptors (Lipinski definition) is 3. The van der Waals surface area contributed by atoms with E-state index in [1.54, 1.807) is 18.2 Å². The quantitative estimate of drug-likeness (QED) is 0.694. The summed E-state index contributed by atoms with van der Waals surface area (Å²) in [5.74, 6) is -0.801. The summed E-state index contributed by atoms with van der Waals surface area (Å²) in [6.45, 7) is 6.64. The number of anilines is 1. The zero-order valence-corrected chi connectivity index (χ0v) is 8.09. The topological polar surface area (TPSA) is 50.3 Å². The van der Waals surface area contributed by atoms with E-state index >= 15 is 0 Å². The lowest BCUT2D eigenvalue weighted by molar-refractivity contribution is -0.121. The first-order chi connectivity index (χ1) is 7.20. The normalized spacial score (nSPS) is 9.07. The predicted molar refractivity (Wildman–Crippen MR) is 57.1 cm³/mol. The number of carbonyl (C=O) groups excluding carboxylic acids is 2. The van der Waals surface area contributed by atoms with Crippen molar-refractivity contribution in [3.05, 3.63) is 49.7 Å². The summed E-state index contributed by atoms with van der Waals surface area (Å²) in [7, 11) is 0. The van der Waals surface area contributed by atoms with Gasteiger partial charge in [0.15, 0.2) is 0 Å². The third kappa shape index (κ3) is 2.37. The maximum atomic E-state index is 11.4. The van der Waals surface area contributed by atoms with E-state index in [4.69, 9.17) is 0 Å². The van der Waals surface area contributed by atoms with Crippen LogP contribution >= 0.6 is 0 Å². The molecule has 0 aromatic carbocycles. The Morgan fingerprint density at radius 2 is 1.80 bits per heavy atom. The third-order valence-electron chi connectivity index (χ3n) is 1.67. The molecule has 0 unspecified atom stereocenters. The van der Waals surface area contributed by atoms with Crippen molar-refractivity contribution in [1.82, 2.24) is 4.98 Å². The van der Waals surface area contributed by atoms with Gasteiger partial charge in [-0.3, -0.25) is 9.59 Å². The van der Waals surface area contributed by atoms with Crippen molar-refractivity contribution in [3.63, 3.8) is 0 Å². The molecule has 2 amide bonds. The Bertz CT molecular complexity index is 378. The summed E-state index contributed by atoms with van der Waals surface area (Å²) in [5.41, 5.74) is 0. The zero-order valence-electron chi connectivity index (χ0n) is 8.09. The average molecular weight is 202 g/mol. The number of hydrogen-bond donors (Lipinski definition) is 0. The van der Waals surface area contributed by atoms with Gasteiger partial charge in [0, 0.05) is 6.20 Å². The Morgan fingerprint density at radius 3 is 2.20 bits per heavy atom. The molecule has 4 nitrogen and oxygen atoms in total. The molecular formula is C11H10N2O2. The van der Waals surface area contributed by atoms with E-state index in [-0.39, 0.29) is 5.82 Å². The van der Waals surface area contributed by atoms with Crippen LogP contribution in [0.15, 0.2) is 49.7 Å². The monoisotopic (exact) mass is 202 g/mol. The fourth-order valence-corrected chi connectivity index (χ4v) is 1.00. The highest BCUT2D eigenvalue weighted by Gasteiger charge is 2.19. The molecule has 0 N–H and O–H groups in total. The van der Waals surface area contributed by atoms with Crippen LogP contribution in [0, 0.1) is 0 Å². The summed E-state index contributed by atoms with van der Waals surface area (Å²) in [4.78, 5) is 27.6. The summed E-state index contributed by atoms with van der Waals surface area (Å²) in [6.07, 6.45) is 3.60. The molecule has 0 aliphatic carbocycles. The van der Waals surface area contributed by atoms with Gasteiger partial charge >= 0.3 is 0 Å². The lowest BCUT2D eigenvalue weighted by Gasteiger charge is -2.15. The van der Waals surface area contributed by atoms with E-state index in [1.807, 2.05) is 0 Å². The smallest absolute Gasteiger partial charge is 0.258 e. The number of imide groups is 1. The maximum Gasteiger partial charge on any atom is 0.258 e. The van der Waals surface area contributed by atoms with Crippen molar-refractivity contribution in [2.45, 2.75) is 0 Å². The van der Waals surface area contributed by atoms with E-state index in [0.717, 1.165) is 17.1 Å². The Kier molecular flexibility index (Phi) is 3.51. The second-order valence-electron chi connectivity index (χ2n) is 2.61. The third-order valence-corrected chi connectivity index (χ3v) is 1.67. The van der Waals surface area contributed by atoms with Crippen LogP contribution in [-0.4, -0.2) is 16.8 Å². The second-order valence-corrected chi connectivity index (χ2v) is 2.61. The van der Waals surface area contributed by atoms with Gasteiger partial charge in [-0.2, -0.15) is 0 Å². The molecule has 1 heterocycles. The van der Waals surface area contributed by atoms with Gasteiger partial charge in [-0.05, 0) is 24.3 Å². The van der Waals surface area contributed by atoms with E-state index in [0.29, 0.717) is 0 Å². The highest BCUT2D eigenvalue weighted by atomic mass is 16.2. The minimum Gasteiger partial charge on any atom is -0.269 e. The summed E-state index contributed by atoms with van der Waals surface area (Å²) in [5, 5.41) is 0. The first-order valence-electron chi connectivity index (χ1n) is 4.24. The fraction of sp³-hybridized carbons (Fsp3) is 0. The molecule has 0 saturated carbocycles. The van der Waals surface area contributed by atoms with Crippen LogP contribution in [0.3, 0.4) is 0 Å². The maximum absolute atomic E-state index is 11.4. The van der Waals surface area contributed by atoms with E-state index < -0.39 is 11.8 Å². The highest BCUT2D eigenvalue weighted by Crippen LogP contribution is 2.10. The summed E-state index contributed by atoms with van der Waals surface area (Å²) in [6, 6.07) is 4.93. The minimum atomic E-state index is -0.529. The molecule has 1 rings (SSSR count). The van der Waals surface area contributed by atoms with Crippen molar-refractivity contribution in [1.29, 1.82) is 0 Å². The molecule has 0 fully saturated rings. The molecule has 1 aromatic heterocycles. The van der Waals surface area contributed by atoms with Gasteiger partial charge in [-0.15, -0.1) is 0 Å². The van der Waals surface area contributed by atoms with E-state index in [1.165, 1.54) is 6.20 Å². The molecule has 0 atom stereocenters. The molecule has 0 aliphatic heterocycles. The van der Waals surface area contributed by atoms with Crippen LogP contribution in [0.4, 0.5) is 5.82 Å². The lowest BCUT2D eigenvalue weighted by atomic mass is 10.3. The van der Waals surface area contributed by atoms with Gasteiger partial charge in [0.1, 0.15) is 5.82 Å². The number of carbonyl (C=O) groups is 2. The molecule has 15 heavy (non-hydrogen) atoms. The van der Waals surface area contributed by atoms with E-state index in [2.05, 4.69) is 18.1 Å². The Morgan fingerprint density at radius 1 is 1.20 bits per heavy atom. The first kappa shape index (κ1) is 10.8. The van der Waals surface area contributed by atoms with Gasteiger partial charge in [-0.25, -0.2) is 9.88 Å². The van der Waals surface area contributed by atoms with Crippen LogP contribution in [-0.2, 0) is 9.59 Å². The van der Waals surface area contributed by atoms with Crippen LogP contribution in [0.2, 0.25) is 0 Å². The van der Waals surface area contributed by atoms with Crippen LogP contribution < -0.4 is 4.90 Å². The predicted octanol–water partition coefficient (Wildman–Crippen LogP) is 1.31. The van der Waals surface area contributed by atoms with E-state index in [9.17, 15) is 9.59 Å². The number of aromatic nitrogens is 1. The van der Waals surface area contributed by atoms with Gasteiger partial charge in [-0.1, -0.05) is 19.2 Å². The van der Waals surface area contributed by atoms with Gasteiger partial charge < -0.3 is 0 Å². The van der Waals surface area contributed by atoms with Crippen LogP contribution in [0.1, 0.15) is 0 Å². The minimum absolute atomic E-state index is 0.257. The SMILES string of the molecule is C=CC(=O)N(C(=O)C=C)c1ccccn1. The first-order valence-corrected chi connectivity index (χ1v) is 4.24. The number of pyridine rings is 1. The molecule has 4 heteroatoms. The fourth-order valence-electron chi connectivity index (χ4n) is 1.00. The molecule has 0 aliphatic rings. The molecule has 0 bridgehead atoms. The Labute approximate surface area is 87.5 Å². The Hall–Kier alpha value is -2.23. The molecule has 0 saturated heterocycles. The highest BCUT2D eigenvalue weighted by molar-refractivity contribution is 6.21. The van der Waals surface area contributed by atoms with Crippen molar-refractivity contribution >= 4 is 17.6 Å². The van der Waals surface area contributed by atoms with Crippen LogP contribution in [0.5, 0.6) is 0 Å². The summed E-state index contributed by atoms with van der Waals surface area (Å²) >= 11 is 0. The average Bonchev–Trinajstić information content (AvgIpc) is 2.30. The standard InChI is InChI=1S/C11H10N2O2/c1-3-10(14)13(11(15)4-2)9-7-5-6-8-12-9/h3-8H,1-2H2. The van der Waals surface area contributed by atoms with Gasteiger partial charge in [0.2, 0.25) is 0 Å². The summed E-state index contributed by atoms with van der Waals surface area (Å²) < 4.78 is 0. The van der Waals surface area contributed by atoms with Crippen LogP contribution in [0.25, 0.3) is 0 Å². The largest absolute Gasteiger partial charge is 0.269 e. The number of rotatable bonds is 3. The van der Waals surface area contributed by atoms with Crippen molar-refractivity contribution in [2.24, 2.45) is 0 Å². The zero-order chi connectivity index (χ0) is 11.3. The molecule has 76 valence electrons. The van der Waals surface area contributed by atoms with Gasteiger partial charge in [0.25, 0.3) is 11.8 Å². The van der Waals surface area contributed by atoms with Crippen molar-refractivity contribution in [3.8, 4) is 0 Å². The van der Waals surface area contributed by atoms with Crippen molar-refractivity contribution in [2.75, 3.05) is 4.90 Å². The second kappa shape index (κ2) is 4.85. The lowest BCUT2D eigenvalue weighted by Crippen LogP contribution is -2.34. The number of nitrogens with zero attached hydrogens (tertiary/aromatic N) is 2. The molecule has 0 spiro atoms. The number of amides is 2.